The first-order valence-electron chi connectivity index (χ1n) is 10.6. The molecular formula is C24H29Cl2N5OS. The number of aliphatic imine (C=N–C) groups is 1. The lowest BCUT2D eigenvalue weighted by Gasteiger charge is -2.40. The van der Waals surface area contributed by atoms with Crippen molar-refractivity contribution in [3.63, 3.8) is 0 Å². The Morgan fingerprint density at radius 3 is 2.67 bits per heavy atom. The van der Waals surface area contributed by atoms with Crippen LogP contribution in [0.15, 0.2) is 53.5 Å². The van der Waals surface area contributed by atoms with Crippen molar-refractivity contribution in [3.05, 3.63) is 64.8 Å². The van der Waals surface area contributed by atoms with Crippen molar-refractivity contribution in [1.29, 1.82) is 0 Å². The first kappa shape index (κ1) is 25.3. The van der Waals surface area contributed by atoms with Crippen molar-refractivity contribution in [3.8, 4) is 5.75 Å². The Morgan fingerprint density at radius 1 is 1.09 bits per heavy atom. The van der Waals surface area contributed by atoms with E-state index in [9.17, 15) is 0 Å². The van der Waals surface area contributed by atoms with Crippen molar-refractivity contribution in [2.24, 2.45) is 4.99 Å². The van der Waals surface area contributed by atoms with E-state index in [4.69, 9.17) is 14.7 Å². The Bertz CT molecular complexity index is 1140. The van der Waals surface area contributed by atoms with Gasteiger partial charge in [0.25, 0.3) is 0 Å². The van der Waals surface area contributed by atoms with E-state index in [1.807, 2.05) is 24.3 Å². The first-order chi connectivity index (χ1) is 15.1. The lowest BCUT2D eigenvalue weighted by Crippen LogP contribution is -2.54. The maximum Gasteiger partial charge on any atom is 0.158 e. The lowest BCUT2D eigenvalue weighted by atomic mass is 10.0. The van der Waals surface area contributed by atoms with Gasteiger partial charge in [0.1, 0.15) is 16.4 Å². The predicted octanol–water partition coefficient (Wildman–Crippen LogP) is 5.30. The number of hydrogen-bond donors (Lipinski definition) is 1. The van der Waals surface area contributed by atoms with Gasteiger partial charge in [-0.2, -0.15) is 0 Å². The summed E-state index contributed by atoms with van der Waals surface area (Å²) in [5, 5.41) is 5.67. The van der Waals surface area contributed by atoms with E-state index in [1.165, 1.54) is 5.56 Å². The first-order valence-corrected chi connectivity index (χ1v) is 11.4. The maximum absolute atomic E-state index is 5.60. The second-order valence-electron chi connectivity index (χ2n) is 8.08. The zero-order valence-corrected chi connectivity index (χ0v) is 21.4. The Hall–Kier alpha value is -2.32. The molecule has 1 atom stereocenters. The summed E-state index contributed by atoms with van der Waals surface area (Å²) in [6, 6.07) is 16.9. The summed E-state index contributed by atoms with van der Waals surface area (Å²) < 4.78 is 5.60. The number of para-hydroxylation sites is 3. The third-order valence-corrected chi connectivity index (χ3v) is 6.94. The van der Waals surface area contributed by atoms with E-state index in [-0.39, 0.29) is 24.8 Å². The van der Waals surface area contributed by atoms with Gasteiger partial charge in [-0.15, -0.1) is 36.2 Å². The Morgan fingerprint density at radius 2 is 1.85 bits per heavy atom. The van der Waals surface area contributed by atoms with Crippen LogP contribution in [0.25, 0.3) is 0 Å². The standard InChI is InChI=1S/C24H27N5OS.2ClH/c1-16-25-22-23(26-19-9-5-6-10-20(19)27-24(22)31-16)29-13-12-28(2)18(15-29)14-17-8-4-7-11-21(17)30-3;;/h4-11,18,27H,12-15H2,1-3H3;2*1H/t18-;;/m0../s1. The fraction of sp³-hybridized carbons (Fsp3) is 0.333. The minimum absolute atomic E-state index is 0. The molecule has 3 heterocycles. The van der Waals surface area contributed by atoms with E-state index >= 15 is 0 Å². The molecule has 0 amide bonds. The van der Waals surface area contributed by atoms with Crippen LogP contribution < -0.4 is 10.1 Å². The highest BCUT2D eigenvalue weighted by atomic mass is 35.5. The van der Waals surface area contributed by atoms with Gasteiger partial charge in [-0.1, -0.05) is 30.3 Å². The molecule has 3 aromatic rings. The fourth-order valence-corrected chi connectivity index (χ4v) is 5.16. The number of anilines is 2. The summed E-state index contributed by atoms with van der Waals surface area (Å²) in [7, 11) is 3.95. The molecule has 0 unspecified atom stereocenters. The summed E-state index contributed by atoms with van der Waals surface area (Å²) in [6.45, 7) is 4.85. The van der Waals surface area contributed by atoms with E-state index in [2.05, 4.69) is 53.4 Å². The number of hydrogen-bond acceptors (Lipinski definition) is 7. The number of halogens is 2. The molecule has 1 aromatic heterocycles. The molecule has 1 saturated heterocycles. The Balaban J connectivity index is 0.00000153. The summed E-state index contributed by atoms with van der Waals surface area (Å²) in [4.78, 5) is 14.8. The number of likely N-dealkylation sites (N-methyl/N-ethyl adjacent to an activating group) is 1. The Labute approximate surface area is 211 Å². The molecule has 1 fully saturated rings. The number of ether oxygens (including phenoxy) is 1. The third-order valence-electron chi connectivity index (χ3n) is 6.05. The van der Waals surface area contributed by atoms with Crippen LogP contribution in [0.5, 0.6) is 5.75 Å². The number of aryl methyl sites for hydroxylation is 1. The molecule has 33 heavy (non-hydrogen) atoms. The second-order valence-corrected chi connectivity index (χ2v) is 9.29. The van der Waals surface area contributed by atoms with Crippen LogP contribution in [0.2, 0.25) is 0 Å². The van der Waals surface area contributed by atoms with Gasteiger partial charge < -0.3 is 15.0 Å². The third kappa shape index (κ3) is 5.11. The average Bonchev–Trinajstić information content (AvgIpc) is 3.07. The molecule has 2 aliphatic rings. The maximum atomic E-state index is 5.60. The van der Waals surface area contributed by atoms with Gasteiger partial charge >= 0.3 is 0 Å². The molecule has 9 heteroatoms. The van der Waals surface area contributed by atoms with Gasteiger partial charge in [-0.3, -0.25) is 4.90 Å². The summed E-state index contributed by atoms with van der Waals surface area (Å²) in [5.74, 6) is 1.92. The molecule has 0 bridgehead atoms. The van der Waals surface area contributed by atoms with Gasteiger partial charge in [0.15, 0.2) is 5.84 Å². The zero-order chi connectivity index (χ0) is 21.4. The van der Waals surface area contributed by atoms with Crippen molar-refractivity contribution >= 4 is 58.4 Å². The summed E-state index contributed by atoms with van der Waals surface area (Å²) in [5.41, 5.74) is 4.19. The molecule has 2 aliphatic heterocycles. The van der Waals surface area contributed by atoms with Crippen LogP contribution in [0.4, 0.5) is 16.4 Å². The number of fused-ring (bicyclic) bond motifs is 2. The molecule has 176 valence electrons. The smallest absolute Gasteiger partial charge is 0.158 e. The molecule has 1 N–H and O–H groups in total. The summed E-state index contributed by atoms with van der Waals surface area (Å²) >= 11 is 1.69. The monoisotopic (exact) mass is 505 g/mol. The van der Waals surface area contributed by atoms with Crippen LogP contribution in [0.3, 0.4) is 0 Å². The highest BCUT2D eigenvalue weighted by Gasteiger charge is 2.31. The summed E-state index contributed by atoms with van der Waals surface area (Å²) in [6.07, 6.45) is 0.933. The van der Waals surface area contributed by atoms with Crippen molar-refractivity contribution in [1.82, 2.24) is 14.8 Å². The molecule has 5 rings (SSSR count). The molecule has 0 saturated carbocycles. The van der Waals surface area contributed by atoms with Gasteiger partial charge in [0, 0.05) is 25.7 Å². The number of nitrogens with one attached hydrogen (secondary N) is 1. The van der Waals surface area contributed by atoms with Crippen LogP contribution in [0, 0.1) is 6.92 Å². The lowest BCUT2D eigenvalue weighted by molar-refractivity contribution is 0.140. The van der Waals surface area contributed by atoms with Gasteiger partial charge in [-0.05, 0) is 44.2 Å². The molecule has 0 radical (unpaired) electrons. The topological polar surface area (TPSA) is 53.0 Å². The van der Waals surface area contributed by atoms with E-state index in [0.29, 0.717) is 6.04 Å². The quantitative estimate of drug-likeness (QED) is 0.523. The van der Waals surface area contributed by atoms with Crippen LogP contribution in [-0.2, 0) is 6.42 Å². The predicted molar refractivity (Wildman–Crippen MR) is 142 cm³/mol. The van der Waals surface area contributed by atoms with Crippen LogP contribution >= 0.6 is 36.2 Å². The van der Waals surface area contributed by atoms with E-state index < -0.39 is 0 Å². The number of amidine groups is 1. The number of benzene rings is 2. The highest BCUT2D eigenvalue weighted by molar-refractivity contribution is 7.16. The van der Waals surface area contributed by atoms with Gasteiger partial charge in [0.2, 0.25) is 0 Å². The van der Waals surface area contributed by atoms with Crippen molar-refractivity contribution in [2.45, 2.75) is 19.4 Å². The number of methoxy groups -OCH3 is 1. The zero-order valence-electron chi connectivity index (χ0n) is 18.9. The van der Waals surface area contributed by atoms with Gasteiger partial charge in [-0.25, -0.2) is 9.98 Å². The van der Waals surface area contributed by atoms with Crippen LogP contribution in [-0.4, -0.2) is 60.5 Å². The Kier molecular flexibility index (Phi) is 8.23. The highest BCUT2D eigenvalue weighted by Crippen LogP contribution is 2.38. The average molecular weight is 507 g/mol. The number of nitrogens with zero attached hydrogens (tertiary/aromatic N) is 4. The molecule has 6 nitrogen and oxygen atoms in total. The molecule has 0 spiro atoms. The van der Waals surface area contributed by atoms with Crippen LogP contribution in [0.1, 0.15) is 16.3 Å². The molecule has 2 aromatic carbocycles. The van der Waals surface area contributed by atoms with E-state index in [0.717, 1.165) is 64.7 Å². The molecule has 0 aliphatic carbocycles. The van der Waals surface area contributed by atoms with Crippen molar-refractivity contribution in [2.75, 3.05) is 39.1 Å². The SMILES string of the molecule is COc1ccccc1C[C@H]1CN(C2=Nc3ccccc3Nc3sc(C)nc32)CCN1C.Cl.Cl. The number of thiazole rings is 1. The second kappa shape index (κ2) is 10.7. The minimum Gasteiger partial charge on any atom is -0.496 e. The minimum atomic E-state index is 0. The van der Waals surface area contributed by atoms with Crippen molar-refractivity contribution < 1.29 is 4.74 Å². The normalized spacial score (nSPS) is 17.4. The number of piperazine rings is 1. The van der Waals surface area contributed by atoms with Gasteiger partial charge in [0.05, 0.1) is 23.5 Å². The number of rotatable bonds is 3. The largest absolute Gasteiger partial charge is 0.496 e. The molecular weight excluding hydrogens is 477 g/mol. The number of aromatic nitrogens is 1. The fourth-order valence-electron chi connectivity index (χ4n) is 4.33. The van der Waals surface area contributed by atoms with E-state index in [1.54, 1.807) is 18.4 Å².